The van der Waals surface area contributed by atoms with Gasteiger partial charge in [-0.15, -0.1) is 0 Å². The van der Waals surface area contributed by atoms with Crippen molar-refractivity contribution in [3.05, 3.63) is 24.2 Å². The Kier molecular flexibility index (Phi) is 3.68. The summed E-state index contributed by atoms with van der Waals surface area (Å²) in [7, 11) is 0. The van der Waals surface area contributed by atoms with E-state index >= 15 is 0 Å². The molecule has 2 fully saturated rings. The summed E-state index contributed by atoms with van der Waals surface area (Å²) in [4.78, 5) is 5.17. The highest BCUT2D eigenvalue weighted by Crippen LogP contribution is 2.21. The Hall–Kier alpha value is -0.840. The van der Waals surface area contributed by atoms with Gasteiger partial charge in [0.25, 0.3) is 0 Å². The molecule has 2 N–H and O–H groups in total. The normalized spacial score (nSPS) is 27.9. The third-order valence-electron chi connectivity index (χ3n) is 4.32. The molecular weight excluding hydrogens is 226 g/mol. The largest absolute Gasteiger partial charge is 0.472 e. The van der Waals surface area contributed by atoms with Crippen molar-refractivity contribution in [2.45, 2.75) is 37.9 Å². The van der Waals surface area contributed by atoms with Gasteiger partial charge in [-0.3, -0.25) is 9.80 Å². The second-order valence-corrected chi connectivity index (χ2v) is 5.68. The van der Waals surface area contributed by atoms with Crippen molar-refractivity contribution in [1.29, 1.82) is 0 Å². The van der Waals surface area contributed by atoms with Crippen molar-refractivity contribution in [2.24, 2.45) is 5.73 Å². The lowest BCUT2D eigenvalue weighted by molar-refractivity contribution is 0.151. The van der Waals surface area contributed by atoms with Crippen LogP contribution in [0.3, 0.4) is 0 Å². The van der Waals surface area contributed by atoms with E-state index in [0.717, 1.165) is 25.4 Å². The average molecular weight is 249 g/mol. The lowest BCUT2D eigenvalue weighted by atomic mass is 10.0. The van der Waals surface area contributed by atoms with E-state index in [1.54, 1.807) is 6.26 Å². The average Bonchev–Trinajstić information content (AvgIpc) is 3.02. The van der Waals surface area contributed by atoms with Gasteiger partial charge in [-0.05, 0) is 38.4 Å². The minimum atomic E-state index is 0.435. The third-order valence-corrected chi connectivity index (χ3v) is 4.32. The molecule has 4 nitrogen and oxygen atoms in total. The molecule has 0 bridgehead atoms. The molecule has 100 valence electrons. The molecule has 0 aromatic carbocycles. The number of hydrogen-bond donors (Lipinski definition) is 1. The second kappa shape index (κ2) is 5.43. The van der Waals surface area contributed by atoms with E-state index in [1.165, 1.54) is 38.2 Å². The molecule has 3 rings (SSSR count). The molecule has 1 unspecified atom stereocenters. The van der Waals surface area contributed by atoms with Crippen LogP contribution < -0.4 is 5.73 Å². The van der Waals surface area contributed by atoms with Gasteiger partial charge in [0, 0.05) is 37.3 Å². The zero-order valence-corrected chi connectivity index (χ0v) is 10.9. The molecule has 1 aromatic rings. The molecule has 3 heterocycles. The van der Waals surface area contributed by atoms with Crippen LogP contribution in [0.1, 0.15) is 24.8 Å². The minimum absolute atomic E-state index is 0.435. The first-order chi connectivity index (χ1) is 8.81. The van der Waals surface area contributed by atoms with E-state index in [9.17, 15) is 0 Å². The van der Waals surface area contributed by atoms with Crippen LogP contribution in [0.5, 0.6) is 0 Å². The Morgan fingerprint density at radius 2 is 2.06 bits per heavy atom. The summed E-state index contributed by atoms with van der Waals surface area (Å²) < 4.78 is 5.13. The quantitative estimate of drug-likeness (QED) is 0.876. The lowest BCUT2D eigenvalue weighted by Gasteiger charge is -2.34. The maximum absolute atomic E-state index is 5.97. The smallest absolute Gasteiger partial charge is 0.0947 e. The van der Waals surface area contributed by atoms with Crippen LogP contribution in [0, 0.1) is 0 Å². The molecule has 2 saturated heterocycles. The van der Waals surface area contributed by atoms with Crippen molar-refractivity contribution in [1.82, 2.24) is 9.80 Å². The van der Waals surface area contributed by atoms with E-state index in [1.807, 2.05) is 6.26 Å². The topological polar surface area (TPSA) is 45.6 Å². The van der Waals surface area contributed by atoms with Gasteiger partial charge in [0.1, 0.15) is 0 Å². The fourth-order valence-corrected chi connectivity index (χ4v) is 3.18. The number of hydrogen-bond acceptors (Lipinski definition) is 4. The third kappa shape index (κ3) is 2.76. The van der Waals surface area contributed by atoms with Crippen molar-refractivity contribution >= 4 is 0 Å². The fourth-order valence-electron chi connectivity index (χ4n) is 3.18. The van der Waals surface area contributed by atoms with Crippen LogP contribution in [-0.4, -0.2) is 48.1 Å². The van der Waals surface area contributed by atoms with Crippen LogP contribution >= 0.6 is 0 Å². The number of piperidine rings is 1. The zero-order valence-electron chi connectivity index (χ0n) is 10.9. The molecule has 0 spiro atoms. The summed E-state index contributed by atoms with van der Waals surface area (Å²) in [5.74, 6) is 0. The van der Waals surface area contributed by atoms with Crippen LogP contribution in [0.2, 0.25) is 0 Å². The van der Waals surface area contributed by atoms with Crippen molar-refractivity contribution in [2.75, 3.05) is 26.2 Å². The predicted octanol–water partition coefficient (Wildman–Crippen LogP) is 1.28. The van der Waals surface area contributed by atoms with Crippen LogP contribution in [0.15, 0.2) is 23.0 Å². The molecule has 2 aliphatic heterocycles. The summed E-state index contributed by atoms with van der Waals surface area (Å²) in [5, 5.41) is 0. The molecule has 4 heteroatoms. The van der Waals surface area contributed by atoms with Crippen molar-refractivity contribution in [3.8, 4) is 0 Å². The second-order valence-electron chi connectivity index (χ2n) is 5.68. The Balaban J connectivity index is 1.49. The monoisotopic (exact) mass is 249 g/mol. The highest BCUT2D eigenvalue weighted by molar-refractivity contribution is 5.05. The van der Waals surface area contributed by atoms with E-state index in [4.69, 9.17) is 10.2 Å². The first kappa shape index (κ1) is 12.2. The first-order valence-corrected chi connectivity index (χ1v) is 7.04. The van der Waals surface area contributed by atoms with Gasteiger partial charge in [-0.2, -0.15) is 0 Å². The summed E-state index contributed by atoms with van der Waals surface area (Å²) in [6.07, 6.45) is 7.24. The van der Waals surface area contributed by atoms with E-state index in [0.29, 0.717) is 6.04 Å². The molecular formula is C14H23N3O. The number of nitrogens with zero attached hydrogens (tertiary/aromatic N) is 2. The summed E-state index contributed by atoms with van der Waals surface area (Å²) >= 11 is 0. The van der Waals surface area contributed by atoms with E-state index in [-0.39, 0.29) is 0 Å². The first-order valence-electron chi connectivity index (χ1n) is 7.04. The molecule has 1 aromatic heterocycles. The molecule has 18 heavy (non-hydrogen) atoms. The van der Waals surface area contributed by atoms with E-state index < -0.39 is 0 Å². The SMILES string of the molecule is NC1CCN(C2CCN(Cc3ccoc3)C2)CC1. The molecule has 0 radical (unpaired) electrons. The van der Waals surface area contributed by atoms with Gasteiger partial charge in [-0.25, -0.2) is 0 Å². The summed E-state index contributed by atoms with van der Waals surface area (Å²) in [6, 6.07) is 3.24. The Labute approximate surface area is 109 Å². The van der Waals surface area contributed by atoms with Gasteiger partial charge >= 0.3 is 0 Å². The van der Waals surface area contributed by atoms with Gasteiger partial charge in [0.05, 0.1) is 12.5 Å². The molecule has 0 saturated carbocycles. The zero-order chi connectivity index (χ0) is 12.4. The Morgan fingerprint density at radius 3 is 2.78 bits per heavy atom. The van der Waals surface area contributed by atoms with Gasteiger partial charge in [-0.1, -0.05) is 0 Å². The maximum Gasteiger partial charge on any atom is 0.0947 e. The minimum Gasteiger partial charge on any atom is -0.472 e. The highest BCUT2D eigenvalue weighted by Gasteiger charge is 2.29. The van der Waals surface area contributed by atoms with Crippen molar-refractivity contribution < 1.29 is 4.42 Å². The maximum atomic E-state index is 5.97. The Morgan fingerprint density at radius 1 is 1.22 bits per heavy atom. The van der Waals surface area contributed by atoms with Crippen LogP contribution in [0.25, 0.3) is 0 Å². The highest BCUT2D eigenvalue weighted by atomic mass is 16.3. The van der Waals surface area contributed by atoms with Crippen LogP contribution in [0.4, 0.5) is 0 Å². The fraction of sp³-hybridized carbons (Fsp3) is 0.714. The van der Waals surface area contributed by atoms with Gasteiger partial charge < -0.3 is 10.2 Å². The van der Waals surface area contributed by atoms with Gasteiger partial charge in [0.2, 0.25) is 0 Å². The number of rotatable bonds is 3. The molecule has 0 aliphatic carbocycles. The summed E-state index contributed by atoms with van der Waals surface area (Å²) in [6.45, 7) is 5.80. The molecule has 2 aliphatic rings. The van der Waals surface area contributed by atoms with E-state index in [2.05, 4.69) is 15.9 Å². The number of nitrogens with two attached hydrogens (primary N) is 1. The lowest BCUT2D eigenvalue weighted by Crippen LogP contribution is -2.46. The van der Waals surface area contributed by atoms with Crippen LogP contribution in [-0.2, 0) is 6.54 Å². The van der Waals surface area contributed by atoms with Crippen molar-refractivity contribution in [3.63, 3.8) is 0 Å². The number of likely N-dealkylation sites (tertiary alicyclic amines) is 2. The predicted molar refractivity (Wildman–Crippen MR) is 71.2 cm³/mol. The van der Waals surface area contributed by atoms with Gasteiger partial charge in [0.15, 0.2) is 0 Å². The molecule has 0 amide bonds. The standard InChI is InChI=1S/C14H23N3O/c15-13-1-6-17(7-2-13)14-3-5-16(10-14)9-12-4-8-18-11-12/h4,8,11,13-14H,1-3,5-7,9-10,15H2. The molecule has 1 atom stereocenters. The number of furan rings is 1. The summed E-state index contributed by atoms with van der Waals surface area (Å²) in [5.41, 5.74) is 7.25. The Bertz CT molecular complexity index is 357.